The van der Waals surface area contributed by atoms with Crippen molar-refractivity contribution in [2.24, 2.45) is 5.73 Å². The molecule has 4 N–H and O–H groups in total. The van der Waals surface area contributed by atoms with E-state index in [2.05, 4.69) is 10.3 Å². The van der Waals surface area contributed by atoms with Gasteiger partial charge in [0.2, 0.25) is 11.9 Å². The third-order valence-electron chi connectivity index (χ3n) is 6.23. The van der Waals surface area contributed by atoms with Crippen LogP contribution in [0.4, 0.5) is 20.3 Å². The van der Waals surface area contributed by atoms with Gasteiger partial charge in [-0.25, -0.2) is 18.8 Å². The van der Waals surface area contributed by atoms with E-state index in [4.69, 9.17) is 16.0 Å². The number of nitrogens with zero attached hydrogens (tertiary/aromatic N) is 4. The molecule has 3 aromatic rings. The first kappa shape index (κ1) is 26.7. The first-order chi connectivity index (χ1) is 18.2. The van der Waals surface area contributed by atoms with Crippen LogP contribution in [0.3, 0.4) is 0 Å². The van der Waals surface area contributed by atoms with E-state index >= 15 is 0 Å². The largest absolute Gasteiger partial charge is 0.368 e. The lowest BCUT2D eigenvalue weighted by atomic mass is 10.1. The number of anilines is 2. The van der Waals surface area contributed by atoms with Crippen molar-refractivity contribution in [2.75, 3.05) is 24.6 Å². The van der Waals surface area contributed by atoms with Gasteiger partial charge < -0.3 is 16.0 Å². The number of aromatic nitrogens is 2. The molecule has 10 nitrogen and oxygen atoms in total. The minimum atomic E-state index is -0.665. The summed E-state index contributed by atoms with van der Waals surface area (Å²) in [4.78, 5) is 37.8. The minimum Gasteiger partial charge on any atom is -0.368 e. The number of nitrogens with two attached hydrogens (primary N) is 1. The van der Waals surface area contributed by atoms with Crippen LogP contribution in [0.15, 0.2) is 59.5 Å². The van der Waals surface area contributed by atoms with Gasteiger partial charge in [0.25, 0.3) is 5.56 Å². The van der Waals surface area contributed by atoms with Crippen molar-refractivity contribution in [3.05, 3.63) is 88.0 Å². The predicted molar refractivity (Wildman–Crippen MR) is 138 cm³/mol. The molecule has 1 aliphatic rings. The Labute approximate surface area is 218 Å². The molecular weight excluding hydrogens is 496 g/mol. The number of carbonyl (C=O) groups excluding carboxylic acids is 1. The van der Waals surface area contributed by atoms with Gasteiger partial charge in [0, 0.05) is 30.2 Å². The maximum absolute atomic E-state index is 14.3. The zero-order valence-corrected chi connectivity index (χ0v) is 20.9. The van der Waals surface area contributed by atoms with Gasteiger partial charge in [0.1, 0.15) is 18.2 Å². The Hall–Kier alpha value is -4.32. The average Bonchev–Trinajstić information content (AvgIpc) is 2.89. The first-order valence-electron chi connectivity index (χ1n) is 12.1. The summed E-state index contributed by atoms with van der Waals surface area (Å²) in [5.41, 5.74) is 6.39. The van der Waals surface area contributed by atoms with E-state index < -0.39 is 17.2 Å². The lowest BCUT2D eigenvalue weighted by Crippen LogP contribution is -2.50. The van der Waals surface area contributed by atoms with Gasteiger partial charge in [0.05, 0.1) is 19.2 Å². The molecule has 0 bridgehead atoms. The van der Waals surface area contributed by atoms with E-state index in [1.165, 1.54) is 28.0 Å². The minimum absolute atomic E-state index is 0.0789. The summed E-state index contributed by atoms with van der Waals surface area (Å²) in [6.07, 6.45) is 2.23. The quantitative estimate of drug-likeness (QED) is 0.304. The number of aryl methyl sites for hydroxylation is 1. The molecule has 1 amide bonds. The molecular formula is C26H29F2N7O3. The molecule has 1 atom stereocenters. The van der Waals surface area contributed by atoms with Crippen LogP contribution in [0.25, 0.3) is 0 Å². The molecule has 2 heterocycles. The van der Waals surface area contributed by atoms with Crippen molar-refractivity contribution in [2.45, 2.75) is 32.4 Å². The highest BCUT2D eigenvalue weighted by Crippen LogP contribution is 2.22. The highest BCUT2D eigenvalue weighted by molar-refractivity contribution is 5.76. The van der Waals surface area contributed by atoms with Gasteiger partial charge in [-0.3, -0.25) is 24.4 Å². The third-order valence-corrected chi connectivity index (χ3v) is 6.23. The summed E-state index contributed by atoms with van der Waals surface area (Å²) < 4.78 is 29.0. The number of guanidine groups is 1. The van der Waals surface area contributed by atoms with E-state index in [1.54, 1.807) is 36.1 Å². The Bertz CT molecular complexity index is 1360. The van der Waals surface area contributed by atoms with Crippen LogP contribution in [-0.2, 0) is 22.6 Å². The van der Waals surface area contributed by atoms with E-state index in [0.29, 0.717) is 29.9 Å². The Balaban J connectivity index is 1.54. The van der Waals surface area contributed by atoms with Crippen molar-refractivity contribution < 1.29 is 18.4 Å². The van der Waals surface area contributed by atoms with Crippen LogP contribution in [0.5, 0.6) is 0 Å². The number of halogens is 2. The Kier molecular flexibility index (Phi) is 8.31. The molecule has 1 fully saturated rings. The molecule has 2 aromatic carbocycles. The number of hydrogen-bond acceptors (Lipinski definition) is 6. The van der Waals surface area contributed by atoms with E-state index in [0.717, 1.165) is 6.07 Å². The summed E-state index contributed by atoms with van der Waals surface area (Å²) in [6, 6.07) is 12.1. The summed E-state index contributed by atoms with van der Waals surface area (Å²) in [6.45, 7) is 2.15. The van der Waals surface area contributed by atoms with Gasteiger partial charge >= 0.3 is 0 Å². The van der Waals surface area contributed by atoms with Gasteiger partial charge in [-0.1, -0.05) is 24.3 Å². The van der Waals surface area contributed by atoms with Crippen molar-refractivity contribution in [3.63, 3.8) is 0 Å². The van der Waals surface area contributed by atoms with E-state index in [1.807, 2.05) is 6.07 Å². The molecule has 1 aliphatic heterocycles. The highest BCUT2D eigenvalue weighted by atomic mass is 19.1. The molecule has 0 saturated carbocycles. The topological polar surface area (TPSA) is 130 Å². The smallest absolute Gasteiger partial charge is 0.294 e. The van der Waals surface area contributed by atoms with Crippen LogP contribution >= 0.6 is 0 Å². The SMILES string of the molecule is Cc1cnc(N(CCc2ccc(F)cc2F)c2ccccc2)c(=O)n1CC(=O)NC1CCN(C(=N)N)OC1. The second kappa shape index (κ2) is 11.8. The fourth-order valence-corrected chi connectivity index (χ4v) is 4.19. The van der Waals surface area contributed by atoms with Crippen LogP contribution in [0.1, 0.15) is 17.7 Å². The van der Waals surface area contributed by atoms with Gasteiger partial charge in [-0.2, -0.15) is 0 Å². The Morgan fingerprint density at radius 2 is 2.03 bits per heavy atom. The monoisotopic (exact) mass is 525 g/mol. The second-order valence-corrected chi connectivity index (χ2v) is 8.92. The van der Waals surface area contributed by atoms with Crippen molar-refractivity contribution in [3.8, 4) is 0 Å². The zero-order valence-electron chi connectivity index (χ0n) is 20.9. The molecule has 200 valence electrons. The van der Waals surface area contributed by atoms with Crippen LogP contribution < -0.4 is 21.5 Å². The first-order valence-corrected chi connectivity index (χ1v) is 12.1. The number of rotatable bonds is 8. The lowest BCUT2D eigenvalue weighted by Gasteiger charge is -2.31. The predicted octanol–water partition coefficient (Wildman–Crippen LogP) is 2.23. The Morgan fingerprint density at radius 3 is 2.68 bits per heavy atom. The van der Waals surface area contributed by atoms with Crippen molar-refractivity contribution in [1.29, 1.82) is 5.41 Å². The number of hydrogen-bond donors (Lipinski definition) is 3. The van der Waals surface area contributed by atoms with E-state index in [9.17, 15) is 18.4 Å². The molecule has 0 aliphatic carbocycles. The zero-order chi connectivity index (χ0) is 27.2. The van der Waals surface area contributed by atoms with Gasteiger partial charge in [0.15, 0.2) is 5.82 Å². The number of nitrogens with one attached hydrogen (secondary N) is 2. The van der Waals surface area contributed by atoms with Crippen LogP contribution in [0, 0.1) is 24.0 Å². The summed E-state index contributed by atoms with van der Waals surface area (Å²) in [5.74, 6) is -1.83. The van der Waals surface area contributed by atoms with Gasteiger partial charge in [-0.05, 0) is 43.5 Å². The molecule has 1 unspecified atom stereocenters. The maximum Gasteiger partial charge on any atom is 0.294 e. The average molecular weight is 526 g/mol. The summed E-state index contributed by atoms with van der Waals surface area (Å²) in [7, 11) is 0. The van der Waals surface area contributed by atoms with Crippen LogP contribution in [-0.4, -0.2) is 52.2 Å². The summed E-state index contributed by atoms with van der Waals surface area (Å²) >= 11 is 0. The molecule has 0 spiro atoms. The fourth-order valence-electron chi connectivity index (χ4n) is 4.19. The third kappa shape index (κ3) is 6.32. The normalized spacial score (nSPS) is 15.2. The molecule has 1 aromatic heterocycles. The number of hydroxylamine groups is 2. The van der Waals surface area contributed by atoms with Gasteiger partial charge in [-0.15, -0.1) is 0 Å². The van der Waals surface area contributed by atoms with E-state index in [-0.39, 0.29) is 49.8 Å². The van der Waals surface area contributed by atoms with Crippen LogP contribution in [0.2, 0.25) is 0 Å². The fraction of sp³-hybridized carbons (Fsp3) is 0.308. The molecule has 0 radical (unpaired) electrons. The Morgan fingerprint density at radius 1 is 1.26 bits per heavy atom. The highest BCUT2D eigenvalue weighted by Gasteiger charge is 2.24. The second-order valence-electron chi connectivity index (χ2n) is 8.92. The van der Waals surface area contributed by atoms with Crippen molar-refractivity contribution >= 4 is 23.4 Å². The molecule has 4 rings (SSSR count). The molecule has 38 heavy (non-hydrogen) atoms. The lowest BCUT2D eigenvalue weighted by molar-refractivity contribution is -0.143. The summed E-state index contributed by atoms with van der Waals surface area (Å²) in [5, 5.41) is 11.5. The molecule has 12 heteroatoms. The number of amides is 1. The number of benzene rings is 2. The van der Waals surface area contributed by atoms with Crippen molar-refractivity contribution in [1.82, 2.24) is 19.9 Å². The maximum atomic E-state index is 14.3. The molecule has 1 saturated heterocycles. The number of carbonyl (C=O) groups is 1. The number of para-hydroxylation sites is 1. The standard InChI is InChI=1S/C26H29F2N7O3/c1-17-14-31-24(25(37)34(17)15-23(36)32-20-10-12-35(26(29)30)38-16-20)33(21-5-3-2-4-6-21)11-9-18-7-8-19(27)13-22(18)28/h2-8,13-14,20H,9-12,15-16H2,1H3,(H3,29,30)(H,32,36).